The van der Waals surface area contributed by atoms with Gasteiger partial charge in [-0.05, 0) is 37.1 Å². The Bertz CT molecular complexity index is 817. The molecule has 6 nitrogen and oxygen atoms in total. The number of benzene rings is 1. The summed E-state index contributed by atoms with van der Waals surface area (Å²) in [4.78, 5) is 16.3. The smallest absolute Gasteiger partial charge is 0.238 e. The number of amides is 1. The average Bonchev–Trinajstić information content (AvgIpc) is 3.50. The van der Waals surface area contributed by atoms with Crippen LogP contribution in [0.4, 0.5) is 20.3 Å². The van der Waals surface area contributed by atoms with E-state index in [1.54, 1.807) is 0 Å². The molecule has 2 aliphatic rings. The van der Waals surface area contributed by atoms with Crippen LogP contribution in [-0.4, -0.2) is 53.7 Å². The number of nitrogens with zero attached hydrogens (tertiary/aromatic N) is 4. The average molecular weight is 373 g/mol. The highest BCUT2D eigenvalue weighted by molar-refractivity contribution is 5.92. The van der Waals surface area contributed by atoms with Gasteiger partial charge in [0.2, 0.25) is 5.91 Å². The topological polar surface area (TPSA) is 61.4 Å². The van der Waals surface area contributed by atoms with Gasteiger partial charge in [0.15, 0.2) is 5.82 Å². The highest BCUT2D eigenvalue weighted by atomic mass is 19.1. The van der Waals surface area contributed by atoms with E-state index in [1.807, 2.05) is 11.0 Å². The molecular formula is C19H21F2N5O. The summed E-state index contributed by atoms with van der Waals surface area (Å²) in [7, 11) is 0. The number of carbonyl (C=O) groups excluding carboxylic acids is 1. The number of halogens is 2. The van der Waals surface area contributed by atoms with E-state index in [9.17, 15) is 13.6 Å². The number of aromatic nitrogens is 2. The van der Waals surface area contributed by atoms with Crippen molar-refractivity contribution in [2.75, 3.05) is 42.9 Å². The second-order valence-corrected chi connectivity index (χ2v) is 7.03. The predicted octanol–water partition coefficient (Wildman–Crippen LogP) is 2.39. The van der Waals surface area contributed by atoms with Crippen molar-refractivity contribution in [2.45, 2.75) is 18.8 Å². The van der Waals surface area contributed by atoms with Crippen LogP contribution in [0.15, 0.2) is 30.3 Å². The first-order valence-electron chi connectivity index (χ1n) is 9.14. The summed E-state index contributed by atoms with van der Waals surface area (Å²) in [6.07, 6.45) is 2.41. The van der Waals surface area contributed by atoms with Crippen molar-refractivity contribution in [3.63, 3.8) is 0 Å². The number of hydrogen-bond acceptors (Lipinski definition) is 5. The molecule has 1 aromatic carbocycles. The number of hydrogen-bond donors (Lipinski definition) is 1. The predicted molar refractivity (Wildman–Crippen MR) is 97.6 cm³/mol. The molecule has 27 heavy (non-hydrogen) atoms. The second-order valence-electron chi connectivity index (χ2n) is 7.03. The Balaban J connectivity index is 1.26. The summed E-state index contributed by atoms with van der Waals surface area (Å²) < 4.78 is 26.5. The van der Waals surface area contributed by atoms with Gasteiger partial charge in [-0.1, -0.05) is 0 Å². The molecule has 2 heterocycles. The normalized spacial score (nSPS) is 17.8. The van der Waals surface area contributed by atoms with Gasteiger partial charge in [0.05, 0.1) is 17.9 Å². The maximum Gasteiger partial charge on any atom is 0.238 e. The highest BCUT2D eigenvalue weighted by Gasteiger charge is 2.26. The van der Waals surface area contributed by atoms with Gasteiger partial charge < -0.3 is 10.2 Å². The monoisotopic (exact) mass is 373 g/mol. The van der Waals surface area contributed by atoms with E-state index in [-0.39, 0.29) is 18.1 Å². The third-order valence-corrected chi connectivity index (χ3v) is 4.94. The molecule has 1 amide bonds. The van der Waals surface area contributed by atoms with E-state index in [4.69, 9.17) is 0 Å². The minimum Gasteiger partial charge on any atom is -0.353 e. The molecule has 1 saturated carbocycles. The van der Waals surface area contributed by atoms with Crippen molar-refractivity contribution in [1.82, 2.24) is 15.1 Å². The lowest BCUT2D eigenvalue weighted by atomic mass is 10.2. The molecule has 0 bridgehead atoms. The van der Waals surface area contributed by atoms with E-state index in [0.29, 0.717) is 19.0 Å². The lowest BCUT2D eigenvalue weighted by Crippen LogP contribution is -2.49. The van der Waals surface area contributed by atoms with Gasteiger partial charge in [0, 0.05) is 38.2 Å². The Morgan fingerprint density at radius 1 is 1.07 bits per heavy atom. The van der Waals surface area contributed by atoms with Crippen LogP contribution in [0.3, 0.4) is 0 Å². The third kappa shape index (κ3) is 4.39. The fraction of sp³-hybridized carbons (Fsp3) is 0.421. The minimum atomic E-state index is -0.776. The summed E-state index contributed by atoms with van der Waals surface area (Å²) in [6.45, 7) is 3.05. The molecule has 0 unspecified atom stereocenters. The Morgan fingerprint density at radius 2 is 1.85 bits per heavy atom. The number of nitrogens with one attached hydrogen (secondary N) is 1. The first kappa shape index (κ1) is 17.8. The van der Waals surface area contributed by atoms with Crippen LogP contribution in [0.5, 0.6) is 0 Å². The number of piperazine rings is 1. The largest absolute Gasteiger partial charge is 0.353 e. The van der Waals surface area contributed by atoms with Crippen LogP contribution < -0.4 is 10.2 Å². The molecule has 2 aromatic rings. The van der Waals surface area contributed by atoms with E-state index < -0.39 is 11.6 Å². The molecule has 4 rings (SSSR count). The van der Waals surface area contributed by atoms with E-state index in [2.05, 4.69) is 26.5 Å². The van der Waals surface area contributed by atoms with Crippen LogP contribution in [0, 0.1) is 11.6 Å². The van der Waals surface area contributed by atoms with Gasteiger partial charge in [-0.15, -0.1) is 5.10 Å². The Morgan fingerprint density at radius 3 is 2.48 bits per heavy atom. The molecule has 2 fully saturated rings. The van der Waals surface area contributed by atoms with Gasteiger partial charge in [-0.25, -0.2) is 8.78 Å². The molecule has 1 aliphatic heterocycles. The maximum absolute atomic E-state index is 13.6. The molecular weight excluding hydrogens is 352 g/mol. The molecule has 0 spiro atoms. The van der Waals surface area contributed by atoms with Crippen LogP contribution >= 0.6 is 0 Å². The van der Waals surface area contributed by atoms with Crippen molar-refractivity contribution in [1.29, 1.82) is 0 Å². The fourth-order valence-electron chi connectivity index (χ4n) is 3.22. The summed E-state index contributed by atoms with van der Waals surface area (Å²) in [5.74, 6) is -0.316. The molecule has 0 atom stereocenters. The number of rotatable bonds is 5. The van der Waals surface area contributed by atoms with Crippen LogP contribution in [0.25, 0.3) is 0 Å². The third-order valence-electron chi connectivity index (χ3n) is 4.94. The Labute approximate surface area is 156 Å². The molecule has 1 N–H and O–H groups in total. The first-order chi connectivity index (χ1) is 13.1. The van der Waals surface area contributed by atoms with Crippen molar-refractivity contribution in [3.8, 4) is 0 Å². The minimum absolute atomic E-state index is 0.00828. The van der Waals surface area contributed by atoms with E-state index in [0.717, 1.165) is 36.7 Å². The fourth-order valence-corrected chi connectivity index (χ4v) is 3.22. The van der Waals surface area contributed by atoms with Crippen LogP contribution in [-0.2, 0) is 4.79 Å². The lowest BCUT2D eigenvalue weighted by Gasteiger charge is -2.34. The van der Waals surface area contributed by atoms with Gasteiger partial charge in [0.1, 0.15) is 11.6 Å². The summed E-state index contributed by atoms with van der Waals surface area (Å²) in [6, 6.07) is 7.17. The zero-order valence-corrected chi connectivity index (χ0v) is 14.9. The number of carbonyl (C=O) groups is 1. The standard InChI is InChI=1S/C19H21F2N5O/c20-14-3-4-17(15(21)11-14)22-19(27)12-25-7-9-26(10-8-25)18-6-5-16(23-24-18)13-1-2-13/h3-6,11,13H,1-2,7-10,12H2,(H,22,27). The molecule has 1 saturated heterocycles. The molecule has 1 aliphatic carbocycles. The van der Waals surface area contributed by atoms with Crippen LogP contribution in [0.2, 0.25) is 0 Å². The van der Waals surface area contributed by atoms with E-state index in [1.165, 1.54) is 18.9 Å². The van der Waals surface area contributed by atoms with Crippen molar-refractivity contribution in [2.24, 2.45) is 0 Å². The number of anilines is 2. The molecule has 1 aromatic heterocycles. The van der Waals surface area contributed by atoms with Gasteiger partial charge in [-0.3, -0.25) is 9.69 Å². The SMILES string of the molecule is O=C(CN1CCN(c2ccc(C3CC3)nn2)CC1)Nc1ccc(F)cc1F. The zero-order valence-electron chi connectivity index (χ0n) is 14.9. The van der Waals surface area contributed by atoms with Crippen molar-refractivity contribution in [3.05, 3.63) is 47.7 Å². The molecule has 0 radical (unpaired) electrons. The van der Waals surface area contributed by atoms with Crippen molar-refractivity contribution >= 4 is 17.4 Å². The van der Waals surface area contributed by atoms with Crippen molar-refractivity contribution < 1.29 is 13.6 Å². The van der Waals surface area contributed by atoms with Crippen LogP contribution in [0.1, 0.15) is 24.5 Å². The molecule has 142 valence electrons. The maximum atomic E-state index is 13.6. The van der Waals surface area contributed by atoms with Gasteiger partial charge in [0.25, 0.3) is 0 Å². The second kappa shape index (κ2) is 7.56. The Hall–Kier alpha value is -2.61. The highest BCUT2D eigenvalue weighted by Crippen LogP contribution is 2.38. The summed E-state index contributed by atoms with van der Waals surface area (Å²) in [5.41, 5.74) is 1.06. The molecule has 8 heteroatoms. The Kier molecular flexibility index (Phi) is 4.98. The lowest BCUT2D eigenvalue weighted by molar-refractivity contribution is -0.117. The van der Waals surface area contributed by atoms with E-state index >= 15 is 0 Å². The van der Waals surface area contributed by atoms with Gasteiger partial charge >= 0.3 is 0 Å². The first-order valence-corrected chi connectivity index (χ1v) is 9.14. The summed E-state index contributed by atoms with van der Waals surface area (Å²) in [5, 5.41) is 11.1. The quantitative estimate of drug-likeness (QED) is 0.872. The van der Waals surface area contributed by atoms with Gasteiger partial charge in [-0.2, -0.15) is 5.10 Å². The zero-order chi connectivity index (χ0) is 18.8. The summed E-state index contributed by atoms with van der Waals surface area (Å²) >= 11 is 0.